The number of rotatable bonds is 12. The summed E-state index contributed by atoms with van der Waals surface area (Å²) in [4.78, 5) is 45.4. The van der Waals surface area contributed by atoms with E-state index in [2.05, 4.69) is 13.0 Å². The van der Waals surface area contributed by atoms with Crippen LogP contribution in [0.5, 0.6) is 5.75 Å². The zero-order chi connectivity index (χ0) is 35.5. The third-order valence-electron chi connectivity index (χ3n) is 11.7. The van der Waals surface area contributed by atoms with Gasteiger partial charge in [-0.2, -0.15) is 0 Å². The summed E-state index contributed by atoms with van der Waals surface area (Å²) in [5.41, 5.74) is 3.47. The third kappa shape index (κ3) is 7.93. The smallest absolute Gasteiger partial charge is 0.410 e. The zero-order valence-electron chi connectivity index (χ0n) is 30.6. The molecule has 3 aliphatic carbocycles. The Labute approximate surface area is 301 Å². The Morgan fingerprint density at radius 3 is 2.37 bits per heavy atom. The molecule has 2 amide bonds. The minimum absolute atomic E-state index is 0.102. The van der Waals surface area contributed by atoms with Gasteiger partial charge in [0.2, 0.25) is 5.91 Å². The summed E-state index contributed by atoms with van der Waals surface area (Å²) in [6.07, 6.45) is 14.0. The van der Waals surface area contributed by atoms with Crippen LogP contribution in [0.1, 0.15) is 113 Å². The molecule has 0 radical (unpaired) electrons. The number of anilines is 1. The van der Waals surface area contributed by atoms with E-state index in [4.69, 9.17) is 33.6 Å². The van der Waals surface area contributed by atoms with Crippen molar-refractivity contribution in [2.75, 3.05) is 38.8 Å². The Hall–Kier alpha value is -3.99. The van der Waals surface area contributed by atoms with Gasteiger partial charge >= 0.3 is 6.09 Å². The molecule has 4 aliphatic rings. The Morgan fingerprint density at radius 1 is 0.961 bits per heavy atom. The van der Waals surface area contributed by atoms with E-state index in [0.717, 1.165) is 85.7 Å². The standard InChI is InChI=1S/C40H53N5O6/c1-5-19-40(49-4)24-44(25-40)39(47)51-32-14-12-30(13-15-32)38(46)45(36-21-31(18-20-41-36)34-23-50-37(43-34)29-10-11-29)22-27-6-8-28(9-7-27)33-16-17-35(48-3)26(2)42-33/h16-18,20-21,23,27-30,32H,5-15,19,22,24-25H2,1-4H3. The largest absolute Gasteiger partial charge is 0.495 e. The summed E-state index contributed by atoms with van der Waals surface area (Å²) < 4.78 is 22.9. The summed E-state index contributed by atoms with van der Waals surface area (Å²) in [7, 11) is 3.40. The average molecular weight is 700 g/mol. The van der Waals surface area contributed by atoms with Crippen LogP contribution >= 0.6 is 0 Å². The Morgan fingerprint density at radius 2 is 1.71 bits per heavy atom. The molecule has 274 valence electrons. The maximum absolute atomic E-state index is 14.5. The Kier molecular flexibility index (Phi) is 10.6. The fraction of sp³-hybridized carbons (Fsp3) is 0.625. The molecule has 11 heteroatoms. The van der Waals surface area contributed by atoms with Crippen molar-refractivity contribution in [3.63, 3.8) is 0 Å². The highest BCUT2D eigenvalue weighted by atomic mass is 16.6. The van der Waals surface area contributed by atoms with Crippen molar-refractivity contribution in [3.8, 4) is 17.0 Å². The number of pyridine rings is 2. The predicted octanol–water partition coefficient (Wildman–Crippen LogP) is 7.83. The Balaban J connectivity index is 1.01. The first-order chi connectivity index (χ1) is 24.8. The van der Waals surface area contributed by atoms with Gasteiger partial charge in [0.1, 0.15) is 35.2 Å². The SMILES string of the molecule is CCCC1(OC)CN(C(=O)OC2CCC(C(=O)N(CC3CCC(c4ccc(OC)c(C)n4)CC3)c3cc(-c4coc(C5CC5)n4)ccn3)CC2)C1. The van der Waals surface area contributed by atoms with Crippen LogP contribution in [-0.2, 0) is 14.3 Å². The predicted molar refractivity (Wildman–Crippen MR) is 193 cm³/mol. The number of carbonyl (C=O) groups excluding carboxylic acids is 2. The van der Waals surface area contributed by atoms with Crippen molar-refractivity contribution in [1.29, 1.82) is 0 Å². The minimum atomic E-state index is -0.274. The van der Waals surface area contributed by atoms with E-state index < -0.39 is 0 Å². The van der Waals surface area contributed by atoms with E-state index in [1.54, 1.807) is 31.6 Å². The molecule has 3 aromatic rings. The van der Waals surface area contributed by atoms with Crippen molar-refractivity contribution >= 4 is 17.8 Å². The van der Waals surface area contributed by atoms with Crippen LogP contribution in [0.4, 0.5) is 10.6 Å². The normalized spacial score (nSPS) is 24.4. The monoisotopic (exact) mass is 699 g/mol. The lowest BCUT2D eigenvalue weighted by Gasteiger charge is -2.48. The lowest BCUT2D eigenvalue weighted by Crippen LogP contribution is -2.64. The van der Waals surface area contributed by atoms with Gasteiger partial charge in [-0.05, 0) is 108 Å². The van der Waals surface area contributed by atoms with Gasteiger partial charge < -0.3 is 23.5 Å². The number of hydrogen-bond acceptors (Lipinski definition) is 9. The third-order valence-corrected chi connectivity index (χ3v) is 11.7. The van der Waals surface area contributed by atoms with Gasteiger partial charge in [0.15, 0.2) is 5.89 Å². The van der Waals surface area contributed by atoms with E-state index in [1.165, 1.54) is 0 Å². The molecule has 51 heavy (non-hydrogen) atoms. The lowest BCUT2D eigenvalue weighted by molar-refractivity contribution is -0.127. The lowest BCUT2D eigenvalue weighted by atomic mass is 9.79. The molecule has 11 nitrogen and oxygen atoms in total. The molecule has 7 rings (SSSR count). The summed E-state index contributed by atoms with van der Waals surface area (Å²) in [5.74, 6) is 3.38. The zero-order valence-corrected chi connectivity index (χ0v) is 30.6. The maximum atomic E-state index is 14.5. The van der Waals surface area contributed by atoms with Gasteiger partial charge in [0, 0.05) is 48.9 Å². The van der Waals surface area contributed by atoms with Crippen LogP contribution in [0.25, 0.3) is 11.3 Å². The van der Waals surface area contributed by atoms with E-state index in [9.17, 15) is 9.59 Å². The second-order valence-corrected chi connectivity index (χ2v) is 15.3. The van der Waals surface area contributed by atoms with Gasteiger partial charge in [-0.25, -0.2) is 14.8 Å². The molecule has 4 fully saturated rings. The molecule has 1 aliphatic heterocycles. The summed E-state index contributed by atoms with van der Waals surface area (Å²) in [6, 6.07) is 8.04. The highest BCUT2D eigenvalue weighted by Crippen LogP contribution is 2.41. The molecule has 3 saturated carbocycles. The van der Waals surface area contributed by atoms with Gasteiger partial charge in [0.25, 0.3) is 0 Å². The number of methoxy groups -OCH3 is 2. The van der Waals surface area contributed by atoms with E-state index in [1.807, 2.05) is 30.0 Å². The van der Waals surface area contributed by atoms with Crippen molar-refractivity contribution in [2.45, 2.75) is 114 Å². The molecular formula is C40H53N5O6. The number of ether oxygens (including phenoxy) is 3. The number of nitrogens with zero attached hydrogens (tertiary/aromatic N) is 5. The average Bonchev–Trinajstić information content (AvgIpc) is 3.87. The topological polar surface area (TPSA) is 120 Å². The number of amides is 2. The first kappa shape index (κ1) is 35.4. The van der Waals surface area contributed by atoms with Crippen LogP contribution in [0, 0.1) is 18.8 Å². The minimum Gasteiger partial charge on any atom is -0.495 e. The summed E-state index contributed by atoms with van der Waals surface area (Å²) in [5, 5.41) is 0. The summed E-state index contributed by atoms with van der Waals surface area (Å²) >= 11 is 0. The summed E-state index contributed by atoms with van der Waals surface area (Å²) in [6.45, 7) is 5.88. The highest BCUT2D eigenvalue weighted by Gasteiger charge is 2.46. The van der Waals surface area contributed by atoms with Crippen LogP contribution < -0.4 is 9.64 Å². The van der Waals surface area contributed by atoms with Crippen molar-refractivity contribution in [1.82, 2.24) is 19.9 Å². The number of hydrogen-bond donors (Lipinski definition) is 0. The number of carbonyl (C=O) groups is 2. The maximum Gasteiger partial charge on any atom is 0.410 e. The molecule has 0 aromatic carbocycles. The first-order valence-electron chi connectivity index (χ1n) is 19.0. The Bertz CT molecular complexity index is 1670. The molecule has 0 unspecified atom stereocenters. The van der Waals surface area contributed by atoms with Gasteiger partial charge in [-0.1, -0.05) is 13.3 Å². The van der Waals surface area contributed by atoms with Crippen molar-refractivity contribution < 1.29 is 28.2 Å². The molecular weight excluding hydrogens is 646 g/mol. The number of oxazole rings is 1. The van der Waals surface area contributed by atoms with Crippen LogP contribution in [0.3, 0.4) is 0 Å². The second kappa shape index (κ2) is 15.3. The number of aryl methyl sites for hydroxylation is 1. The molecule has 0 atom stereocenters. The number of likely N-dealkylation sites (tertiary alicyclic amines) is 1. The van der Waals surface area contributed by atoms with Gasteiger partial charge in [-0.3, -0.25) is 14.7 Å². The van der Waals surface area contributed by atoms with Crippen LogP contribution in [0.15, 0.2) is 41.1 Å². The van der Waals surface area contributed by atoms with Crippen molar-refractivity contribution in [3.05, 3.63) is 54.0 Å². The fourth-order valence-corrected chi connectivity index (χ4v) is 8.36. The van der Waals surface area contributed by atoms with Crippen molar-refractivity contribution in [2.24, 2.45) is 11.8 Å². The fourth-order valence-electron chi connectivity index (χ4n) is 8.36. The van der Waals surface area contributed by atoms with E-state index >= 15 is 0 Å². The molecule has 3 aromatic heterocycles. The highest BCUT2D eigenvalue weighted by molar-refractivity contribution is 5.94. The van der Waals surface area contributed by atoms with E-state index in [-0.39, 0.29) is 29.6 Å². The number of aromatic nitrogens is 3. The molecule has 0 spiro atoms. The molecule has 0 N–H and O–H groups in total. The van der Waals surface area contributed by atoms with E-state index in [0.29, 0.717) is 68.9 Å². The van der Waals surface area contributed by atoms with Crippen LogP contribution in [0.2, 0.25) is 0 Å². The quantitative estimate of drug-likeness (QED) is 0.186. The van der Waals surface area contributed by atoms with Gasteiger partial charge in [0.05, 0.1) is 25.9 Å². The first-order valence-corrected chi connectivity index (χ1v) is 19.0. The molecule has 0 bridgehead atoms. The van der Waals surface area contributed by atoms with Crippen LogP contribution in [-0.4, -0.2) is 77.4 Å². The molecule has 4 heterocycles. The second-order valence-electron chi connectivity index (χ2n) is 15.3. The molecule has 1 saturated heterocycles. The van der Waals surface area contributed by atoms with Gasteiger partial charge in [-0.15, -0.1) is 0 Å².